The van der Waals surface area contributed by atoms with Crippen molar-refractivity contribution in [2.24, 2.45) is 17.8 Å². The average molecular weight is 239 g/mol. The number of carbonyl (C=O) groups is 2. The van der Waals surface area contributed by atoms with E-state index in [1.165, 1.54) is 0 Å². The maximum atomic E-state index is 12.0. The number of carbonyl (C=O) groups excluding carboxylic acids is 1. The Morgan fingerprint density at radius 3 is 2.47 bits per heavy atom. The Hall–Kier alpha value is -1.06. The van der Waals surface area contributed by atoms with Crippen LogP contribution in [0.1, 0.15) is 39.0 Å². The van der Waals surface area contributed by atoms with Gasteiger partial charge in [-0.25, -0.2) is 0 Å². The third kappa shape index (κ3) is 2.99. The standard InChI is InChI=1S/C13H21NO3/c1-2-9-8-14(13(17)10-3-4-10)6-5-11(9)7-12(15)16/h9-11H,2-8H2,1H3,(H,15,16). The monoisotopic (exact) mass is 239 g/mol. The van der Waals surface area contributed by atoms with Gasteiger partial charge in [0.2, 0.25) is 5.91 Å². The van der Waals surface area contributed by atoms with Gasteiger partial charge in [0.05, 0.1) is 0 Å². The number of rotatable bonds is 4. The number of carboxylic acids is 1. The van der Waals surface area contributed by atoms with Crippen LogP contribution in [0.5, 0.6) is 0 Å². The topological polar surface area (TPSA) is 57.6 Å². The molecule has 0 bridgehead atoms. The van der Waals surface area contributed by atoms with E-state index >= 15 is 0 Å². The first-order valence-corrected chi connectivity index (χ1v) is 6.62. The van der Waals surface area contributed by atoms with Gasteiger partial charge in [0.25, 0.3) is 0 Å². The molecule has 2 aliphatic rings. The number of likely N-dealkylation sites (tertiary alicyclic amines) is 1. The van der Waals surface area contributed by atoms with E-state index in [-0.39, 0.29) is 18.3 Å². The minimum atomic E-state index is -0.713. The Kier molecular flexibility index (Phi) is 3.69. The predicted molar refractivity (Wildman–Crippen MR) is 63.4 cm³/mol. The number of nitrogens with zero attached hydrogens (tertiary/aromatic N) is 1. The average Bonchev–Trinajstić information content (AvgIpc) is 3.11. The van der Waals surface area contributed by atoms with Gasteiger partial charge in [0.15, 0.2) is 0 Å². The molecule has 0 aromatic carbocycles. The Balaban J connectivity index is 1.91. The van der Waals surface area contributed by atoms with E-state index < -0.39 is 5.97 Å². The highest BCUT2D eigenvalue weighted by Gasteiger charge is 2.37. The lowest BCUT2D eigenvalue weighted by atomic mass is 9.81. The summed E-state index contributed by atoms with van der Waals surface area (Å²) in [4.78, 5) is 24.7. The Labute approximate surface area is 102 Å². The van der Waals surface area contributed by atoms with Gasteiger partial charge in [0.1, 0.15) is 0 Å². The summed E-state index contributed by atoms with van der Waals surface area (Å²) >= 11 is 0. The summed E-state index contributed by atoms with van der Waals surface area (Å²) in [5.41, 5.74) is 0. The van der Waals surface area contributed by atoms with Gasteiger partial charge in [-0.1, -0.05) is 13.3 Å². The van der Waals surface area contributed by atoms with Crippen molar-refractivity contribution in [2.45, 2.75) is 39.0 Å². The molecule has 96 valence electrons. The summed E-state index contributed by atoms with van der Waals surface area (Å²) in [6, 6.07) is 0. The summed E-state index contributed by atoms with van der Waals surface area (Å²) in [6.07, 6.45) is 4.16. The molecule has 0 spiro atoms. The fourth-order valence-corrected chi connectivity index (χ4v) is 2.82. The van der Waals surface area contributed by atoms with Crippen molar-refractivity contribution in [3.63, 3.8) is 0 Å². The van der Waals surface area contributed by atoms with E-state index in [1.54, 1.807) is 0 Å². The van der Waals surface area contributed by atoms with Crippen LogP contribution in [0.3, 0.4) is 0 Å². The second-order valence-corrected chi connectivity index (χ2v) is 5.37. The Bertz CT molecular complexity index is 312. The number of piperidine rings is 1. The van der Waals surface area contributed by atoms with Crippen molar-refractivity contribution in [1.82, 2.24) is 4.90 Å². The van der Waals surface area contributed by atoms with Crippen LogP contribution in [0, 0.1) is 17.8 Å². The quantitative estimate of drug-likeness (QED) is 0.813. The van der Waals surface area contributed by atoms with Crippen molar-refractivity contribution in [1.29, 1.82) is 0 Å². The molecule has 2 atom stereocenters. The smallest absolute Gasteiger partial charge is 0.303 e. The van der Waals surface area contributed by atoms with Crippen LogP contribution in [-0.2, 0) is 9.59 Å². The molecule has 1 amide bonds. The highest BCUT2D eigenvalue weighted by molar-refractivity contribution is 5.81. The number of amides is 1. The second-order valence-electron chi connectivity index (χ2n) is 5.37. The summed E-state index contributed by atoms with van der Waals surface area (Å²) in [7, 11) is 0. The molecule has 17 heavy (non-hydrogen) atoms. The molecule has 0 aromatic heterocycles. The zero-order valence-electron chi connectivity index (χ0n) is 10.4. The molecule has 1 aliphatic heterocycles. The summed E-state index contributed by atoms with van der Waals surface area (Å²) < 4.78 is 0. The highest BCUT2D eigenvalue weighted by Crippen LogP contribution is 2.35. The van der Waals surface area contributed by atoms with Crippen LogP contribution >= 0.6 is 0 Å². The molecule has 4 heteroatoms. The van der Waals surface area contributed by atoms with Crippen molar-refractivity contribution in [3.8, 4) is 0 Å². The minimum Gasteiger partial charge on any atom is -0.481 e. The molecule has 1 saturated carbocycles. The zero-order valence-corrected chi connectivity index (χ0v) is 10.4. The van der Waals surface area contributed by atoms with Crippen LogP contribution in [0.2, 0.25) is 0 Å². The maximum absolute atomic E-state index is 12.0. The van der Waals surface area contributed by atoms with Crippen LogP contribution < -0.4 is 0 Å². The van der Waals surface area contributed by atoms with Gasteiger partial charge in [-0.15, -0.1) is 0 Å². The number of aliphatic carboxylic acids is 1. The maximum Gasteiger partial charge on any atom is 0.303 e. The van der Waals surface area contributed by atoms with E-state index in [9.17, 15) is 9.59 Å². The molecular formula is C13H21NO3. The van der Waals surface area contributed by atoms with E-state index in [2.05, 4.69) is 6.92 Å². The van der Waals surface area contributed by atoms with Gasteiger partial charge in [-0.05, 0) is 31.1 Å². The Morgan fingerprint density at radius 1 is 1.24 bits per heavy atom. The number of carboxylic acid groups (broad SMARTS) is 1. The fraction of sp³-hybridized carbons (Fsp3) is 0.846. The number of hydrogen-bond acceptors (Lipinski definition) is 2. The molecular weight excluding hydrogens is 218 g/mol. The molecule has 0 aromatic rings. The highest BCUT2D eigenvalue weighted by atomic mass is 16.4. The molecule has 0 radical (unpaired) electrons. The van der Waals surface area contributed by atoms with Crippen LogP contribution in [0.4, 0.5) is 0 Å². The van der Waals surface area contributed by atoms with Crippen LogP contribution in [0.15, 0.2) is 0 Å². The van der Waals surface area contributed by atoms with Crippen LogP contribution in [-0.4, -0.2) is 35.0 Å². The van der Waals surface area contributed by atoms with E-state index in [0.717, 1.165) is 38.8 Å². The predicted octanol–water partition coefficient (Wildman–Crippen LogP) is 1.75. The Morgan fingerprint density at radius 2 is 1.94 bits per heavy atom. The molecule has 1 saturated heterocycles. The lowest BCUT2D eigenvalue weighted by Gasteiger charge is -2.38. The van der Waals surface area contributed by atoms with Crippen LogP contribution in [0.25, 0.3) is 0 Å². The van der Waals surface area contributed by atoms with Crippen molar-refractivity contribution in [2.75, 3.05) is 13.1 Å². The number of hydrogen-bond donors (Lipinski definition) is 1. The van der Waals surface area contributed by atoms with E-state index in [0.29, 0.717) is 11.8 Å². The minimum absolute atomic E-state index is 0.251. The molecule has 1 heterocycles. The van der Waals surface area contributed by atoms with Gasteiger partial charge in [0, 0.05) is 25.4 Å². The SMILES string of the molecule is CCC1CN(C(=O)C2CC2)CCC1CC(=O)O. The molecule has 4 nitrogen and oxygen atoms in total. The lowest BCUT2D eigenvalue weighted by Crippen LogP contribution is -2.44. The van der Waals surface area contributed by atoms with Gasteiger partial charge >= 0.3 is 5.97 Å². The summed E-state index contributed by atoms with van der Waals surface area (Å²) in [5.74, 6) is 0.486. The van der Waals surface area contributed by atoms with Gasteiger partial charge < -0.3 is 10.0 Å². The van der Waals surface area contributed by atoms with Crippen molar-refractivity contribution >= 4 is 11.9 Å². The molecule has 2 rings (SSSR count). The van der Waals surface area contributed by atoms with E-state index in [1.807, 2.05) is 4.90 Å². The third-order valence-corrected chi connectivity index (χ3v) is 4.09. The largest absolute Gasteiger partial charge is 0.481 e. The normalized spacial score (nSPS) is 29.1. The van der Waals surface area contributed by atoms with Crippen molar-refractivity contribution < 1.29 is 14.7 Å². The first-order chi connectivity index (χ1) is 8.11. The second kappa shape index (κ2) is 5.07. The van der Waals surface area contributed by atoms with Crippen molar-refractivity contribution in [3.05, 3.63) is 0 Å². The first kappa shape index (κ1) is 12.4. The zero-order chi connectivity index (χ0) is 12.4. The summed E-state index contributed by atoms with van der Waals surface area (Å²) in [6.45, 7) is 3.61. The van der Waals surface area contributed by atoms with Gasteiger partial charge in [-0.3, -0.25) is 9.59 Å². The first-order valence-electron chi connectivity index (χ1n) is 6.62. The molecule has 1 aliphatic carbocycles. The lowest BCUT2D eigenvalue weighted by molar-refractivity contribution is -0.140. The molecule has 2 unspecified atom stereocenters. The molecule has 1 N–H and O–H groups in total. The van der Waals surface area contributed by atoms with E-state index in [4.69, 9.17) is 5.11 Å². The fourth-order valence-electron chi connectivity index (χ4n) is 2.82. The molecule has 2 fully saturated rings. The third-order valence-electron chi connectivity index (χ3n) is 4.09. The summed E-state index contributed by atoms with van der Waals surface area (Å²) in [5, 5.41) is 8.87. The van der Waals surface area contributed by atoms with Gasteiger partial charge in [-0.2, -0.15) is 0 Å².